The largest absolute Gasteiger partial charge is 0.356 e. The molecule has 10 nitrogen and oxygen atoms in total. The van der Waals surface area contributed by atoms with Crippen LogP contribution in [0, 0.1) is 10.1 Å². The summed E-state index contributed by atoms with van der Waals surface area (Å²) >= 11 is 3.21. The number of carbonyl (C=O) groups is 2. The van der Waals surface area contributed by atoms with Crippen molar-refractivity contribution in [1.82, 2.24) is 25.6 Å². The lowest BCUT2D eigenvalue weighted by Crippen LogP contribution is -2.42. The first-order chi connectivity index (χ1) is 12.4. The zero-order valence-electron chi connectivity index (χ0n) is 13.2. The van der Waals surface area contributed by atoms with Crippen molar-refractivity contribution in [3.8, 4) is 0 Å². The molecule has 0 fully saturated rings. The Morgan fingerprint density at radius 3 is 2.81 bits per heavy atom. The molecule has 2 heterocycles. The van der Waals surface area contributed by atoms with Crippen LogP contribution in [0.4, 0.5) is 5.69 Å². The van der Waals surface area contributed by atoms with Gasteiger partial charge in [0, 0.05) is 34.6 Å². The summed E-state index contributed by atoms with van der Waals surface area (Å²) in [7, 11) is 0. The number of carbonyl (C=O) groups excluding carboxylic acids is 2. The fraction of sp³-hybridized carbons (Fsp3) is 0.133. The molecule has 2 amide bonds. The Kier molecular flexibility index (Phi) is 4.98. The zero-order valence-corrected chi connectivity index (χ0v) is 14.8. The second-order valence-corrected chi connectivity index (χ2v) is 6.27. The molecular weight excluding hydrogens is 408 g/mol. The number of aryl methyl sites for hydroxylation is 1. The Morgan fingerprint density at radius 2 is 2.12 bits per heavy atom. The van der Waals surface area contributed by atoms with E-state index in [0.29, 0.717) is 15.7 Å². The van der Waals surface area contributed by atoms with Crippen LogP contribution in [0.15, 0.2) is 41.1 Å². The lowest BCUT2D eigenvalue weighted by molar-refractivity contribution is -0.384. The molecule has 134 valence electrons. The molecule has 3 N–H and O–H groups in total. The average molecular weight is 421 g/mol. The Balaban J connectivity index is 1.57. The van der Waals surface area contributed by atoms with Crippen molar-refractivity contribution in [3.63, 3.8) is 0 Å². The number of hydrazine groups is 1. The monoisotopic (exact) mass is 420 g/mol. The van der Waals surface area contributed by atoms with Crippen LogP contribution in [0.5, 0.6) is 0 Å². The first-order valence-electron chi connectivity index (χ1n) is 7.47. The van der Waals surface area contributed by atoms with E-state index >= 15 is 0 Å². The Labute approximate surface area is 154 Å². The van der Waals surface area contributed by atoms with E-state index in [1.165, 1.54) is 16.8 Å². The Hall–Kier alpha value is -3.21. The average Bonchev–Trinajstić information content (AvgIpc) is 3.23. The van der Waals surface area contributed by atoms with Gasteiger partial charge in [-0.25, -0.2) is 0 Å². The summed E-state index contributed by atoms with van der Waals surface area (Å²) in [5.74, 6) is -0.901. The molecule has 11 heteroatoms. The number of aromatic nitrogens is 3. The summed E-state index contributed by atoms with van der Waals surface area (Å²) in [6.07, 6.45) is 3.20. The van der Waals surface area contributed by atoms with Gasteiger partial charge in [-0.3, -0.25) is 35.2 Å². The third-order valence-electron chi connectivity index (χ3n) is 3.60. The predicted molar refractivity (Wildman–Crippen MR) is 95.1 cm³/mol. The third kappa shape index (κ3) is 3.88. The molecule has 0 aliphatic carbocycles. The lowest BCUT2D eigenvalue weighted by Gasteiger charge is -2.07. The summed E-state index contributed by atoms with van der Waals surface area (Å²) in [5, 5.41) is 15.7. The summed E-state index contributed by atoms with van der Waals surface area (Å²) in [4.78, 5) is 36.8. The molecule has 2 aromatic heterocycles. The van der Waals surface area contributed by atoms with Gasteiger partial charge in [0.1, 0.15) is 5.69 Å². The maximum atomic E-state index is 11.9. The number of halogens is 1. The quantitative estimate of drug-likeness (QED) is 0.427. The number of nitrogens with zero attached hydrogens (tertiary/aromatic N) is 3. The molecular formula is C15H13BrN6O4. The molecule has 1 aromatic carbocycles. The minimum absolute atomic E-state index is 0.0359. The van der Waals surface area contributed by atoms with Crippen LogP contribution >= 0.6 is 15.9 Å². The SMILES string of the molecule is O=C(CCn1ncc2ccc([N+](=O)[O-])cc21)NNC(=O)c1cc(Br)c[nH]1. The van der Waals surface area contributed by atoms with Crippen molar-refractivity contribution < 1.29 is 14.5 Å². The summed E-state index contributed by atoms with van der Waals surface area (Å²) in [5.41, 5.74) is 5.41. The molecule has 0 unspecified atom stereocenters. The number of nitro groups is 1. The molecule has 0 bridgehead atoms. The standard InChI is InChI=1S/C15H13BrN6O4/c16-10-5-12(17-8-10)15(24)20-19-14(23)3-4-21-13-6-11(22(25)26)2-1-9(13)7-18-21/h1-2,5-8,17H,3-4H2,(H,19,23)(H,20,24). The van der Waals surface area contributed by atoms with Crippen LogP contribution in [0.2, 0.25) is 0 Å². The van der Waals surface area contributed by atoms with E-state index in [-0.39, 0.29) is 18.7 Å². The maximum Gasteiger partial charge on any atom is 0.286 e. The van der Waals surface area contributed by atoms with Crippen LogP contribution in [0.3, 0.4) is 0 Å². The number of amides is 2. The second kappa shape index (κ2) is 7.35. The van der Waals surface area contributed by atoms with Gasteiger partial charge >= 0.3 is 0 Å². The van der Waals surface area contributed by atoms with Gasteiger partial charge < -0.3 is 4.98 Å². The number of hydrogen-bond donors (Lipinski definition) is 3. The fourth-order valence-corrected chi connectivity index (χ4v) is 2.66. The van der Waals surface area contributed by atoms with E-state index < -0.39 is 16.7 Å². The predicted octanol–water partition coefficient (Wildman–Crippen LogP) is 1.89. The van der Waals surface area contributed by atoms with Crippen molar-refractivity contribution >= 4 is 44.3 Å². The maximum absolute atomic E-state index is 11.9. The Bertz CT molecular complexity index is 995. The zero-order chi connectivity index (χ0) is 18.7. The van der Waals surface area contributed by atoms with Crippen LogP contribution in [-0.4, -0.2) is 31.5 Å². The molecule has 26 heavy (non-hydrogen) atoms. The molecule has 0 atom stereocenters. The van der Waals surface area contributed by atoms with Crippen molar-refractivity contribution in [1.29, 1.82) is 0 Å². The number of rotatable bonds is 5. The van der Waals surface area contributed by atoms with Gasteiger partial charge in [0.05, 0.1) is 23.2 Å². The van der Waals surface area contributed by atoms with Crippen LogP contribution < -0.4 is 10.9 Å². The smallest absolute Gasteiger partial charge is 0.286 e. The van der Waals surface area contributed by atoms with Crippen LogP contribution in [-0.2, 0) is 11.3 Å². The number of benzene rings is 1. The number of non-ortho nitro benzene ring substituents is 1. The highest BCUT2D eigenvalue weighted by Crippen LogP contribution is 2.20. The van der Waals surface area contributed by atoms with E-state index in [1.54, 1.807) is 24.5 Å². The van der Waals surface area contributed by atoms with E-state index in [9.17, 15) is 19.7 Å². The number of aromatic amines is 1. The van der Waals surface area contributed by atoms with Crippen molar-refractivity contribution in [3.05, 3.63) is 56.9 Å². The van der Waals surface area contributed by atoms with Crippen molar-refractivity contribution in [2.24, 2.45) is 0 Å². The number of nitrogens with one attached hydrogen (secondary N) is 3. The minimum Gasteiger partial charge on any atom is -0.356 e. The van der Waals surface area contributed by atoms with Gasteiger partial charge in [0.25, 0.3) is 11.6 Å². The number of fused-ring (bicyclic) bond motifs is 1. The number of nitro benzene ring substituents is 1. The molecule has 0 radical (unpaired) electrons. The van der Waals surface area contributed by atoms with Gasteiger partial charge in [-0.15, -0.1) is 0 Å². The fourth-order valence-electron chi connectivity index (χ4n) is 2.31. The molecule has 0 aliphatic heterocycles. The van der Waals surface area contributed by atoms with Crippen molar-refractivity contribution in [2.75, 3.05) is 0 Å². The van der Waals surface area contributed by atoms with Gasteiger partial charge in [-0.1, -0.05) is 0 Å². The van der Waals surface area contributed by atoms with Gasteiger partial charge in [0.15, 0.2) is 0 Å². The first-order valence-corrected chi connectivity index (χ1v) is 8.26. The lowest BCUT2D eigenvalue weighted by atomic mass is 10.2. The minimum atomic E-state index is -0.488. The van der Waals surface area contributed by atoms with Crippen molar-refractivity contribution in [2.45, 2.75) is 13.0 Å². The number of hydrogen-bond acceptors (Lipinski definition) is 5. The van der Waals surface area contributed by atoms with E-state index in [0.717, 1.165) is 5.39 Å². The molecule has 0 spiro atoms. The highest BCUT2D eigenvalue weighted by atomic mass is 79.9. The summed E-state index contributed by atoms with van der Waals surface area (Å²) in [6.45, 7) is 0.209. The van der Waals surface area contributed by atoms with Gasteiger partial charge in [0.2, 0.25) is 5.91 Å². The summed E-state index contributed by atoms with van der Waals surface area (Å²) in [6, 6.07) is 5.98. The topological polar surface area (TPSA) is 135 Å². The van der Waals surface area contributed by atoms with Gasteiger partial charge in [-0.2, -0.15) is 5.10 Å². The highest BCUT2D eigenvalue weighted by Gasteiger charge is 2.12. The second-order valence-electron chi connectivity index (χ2n) is 5.35. The van der Waals surface area contributed by atoms with E-state index in [2.05, 4.69) is 36.9 Å². The van der Waals surface area contributed by atoms with Gasteiger partial charge in [-0.05, 0) is 28.1 Å². The van der Waals surface area contributed by atoms with E-state index in [1.807, 2.05) is 0 Å². The normalized spacial score (nSPS) is 10.7. The van der Waals surface area contributed by atoms with E-state index in [4.69, 9.17) is 0 Å². The molecule has 0 saturated heterocycles. The first kappa shape index (κ1) is 17.6. The number of H-pyrrole nitrogens is 1. The van der Waals surface area contributed by atoms with Crippen LogP contribution in [0.25, 0.3) is 10.9 Å². The molecule has 3 aromatic rings. The summed E-state index contributed by atoms with van der Waals surface area (Å²) < 4.78 is 2.22. The molecule has 0 aliphatic rings. The molecule has 3 rings (SSSR count). The molecule has 0 saturated carbocycles. The Morgan fingerprint density at radius 1 is 1.31 bits per heavy atom. The third-order valence-corrected chi connectivity index (χ3v) is 4.06. The van der Waals surface area contributed by atoms with Crippen LogP contribution in [0.1, 0.15) is 16.9 Å². The highest BCUT2D eigenvalue weighted by molar-refractivity contribution is 9.10.